The van der Waals surface area contributed by atoms with Crippen LogP contribution in [-0.4, -0.2) is 0 Å². The Kier molecular flexibility index (Phi) is 2.07. The van der Waals surface area contributed by atoms with E-state index < -0.39 is 0 Å². The fourth-order valence-corrected chi connectivity index (χ4v) is 0.118. The van der Waals surface area contributed by atoms with Crippen LogP contribution in [0, 0.1) is 12.0 Å². The molecule has 0 aromatic carbocycles. The lowest BCUT2D eigenvalue weighted by Crippen LogP contribution is -2.02. The molecule has 0 spiro atoms. The Morgan fingerprint density at radius 1 is 1.57 bits per heavy atom. The fraction of sp³-hybridized carbons (Fsp3) is 0.714. The monoisotopic (exact) mass is 97.1 g/mol. The van der Waals surface area contributed by atoms with Crippen molar-refractivity contribution in [2.45, 2.75) is 27.2 Å². The van der Waals surface area contributed by atoms with Gasteiger partial charge in [-0.1, -0.05) is 33.4 Å². The van der Waals surface area contributed by atoms with E-state index in [2.05, 4.69) is 20.8 Å². The summed E-state index contributed by atoms with van der Waals surface area (Å²) in [5, 5.41) is 0. The fourth-order valence-electron chi connectivity index (χ4n) is 0.118. The summed E-state index contributed by atoms with van der Waals surface area (Å²) in [5.41, 5.74) is 0.236. The van der Waals surface area contributed by atoms with Crippen molar-refractivity contribution in [2.75, 3.05) is 0 Å². The van der Waals surface area contributed by atoms with E-state index in [1.54, 1.807) is 6.08 Å². The maximum Gasteiger partial charge on any atom is -0.0174 e. The van der Waals surface area contributed by atoms with Gasteiger partial charge < -0.3 is 0 Å². The third-order valence-electron chi connectivity index (χ3n) is 1.36. The van der Waals surface area contributed by atoms with Crippen LogP contribution in [0.4, 0.5) is 0 Å². The first-order chi connectivity index (χ1) is 3.12. The van der Waals surface area contributed by atoms with Crippen LogP contribution < -0.4 is 0 Å². The van der Waals surface area contributed by atoms with E-state index in [1.807, 2.05) is 0 Å². The smallest absolute Gasteiger partial charge is 0.0174 e. The number of hydrogen-bond donors (Lipinski definition) is 0. The van der Waals surface area contributed by atoms with Crippen LogP contribution >= 0.6 is 0 Å². The van der Waals surface area contributed by atoms with Gasteiger partial charge in [-0.15, -0.1) is 0 Å². The Morgan fingerprint density at radius 3 is 2.00 bits per heavy atom. The molecular weight excluding hydrogens is 84.1 g/mol. The molecule has 0 aromatic rings. The van der Waals surface area contributed by atoms with Gasteiger partial charge in [0.25, 0.3) is 0 Å². The van der Waals surface area contributed by atoms with Gasteiger partial charge in [0.1, 0.15) is 0 Å². The molecule has 0 N–H and O–H groups in total. The Labute approximate surface area is 46.2 Å². The first kappa shape index (κ1) is 6.74. The molecule has 0 atom stereocenters. The molecule has 0 aliphatic carbocycles. The van der Waals surface area contributed by atoms with Gasteiger partial charge in [-0.25, -0.2) is 0 Å². The van der Waals surface area contributed by atoms with E-state index in [9.17, 15) is 0 Å². The maximum absolute atomic E-state index is 5.29. The van der Waals surface area contributed by atoms with Crippen molar-refractivity contribution in [1.82, 2.24) is 0 Å². The first-order valence-electron chi connectivity index (χ1n) is 2.68. The average Bonchev–Trinajstić information content (AvgIpc) is 1.68. The molecule has 0 bridgehead atoms. The second kappa shape index (κ2) is 2.15. The van der Waals surface area contributed by atoms with E-state index in [4.69, 9.17) is 6.58 Å². The molecule has 1 radical (unpaired) electrons. The van der Waals surface area contributed by atoms with Gasteiger partial charge in [-0.3, -0.25) is 0 Å². The summed E-state index contributed by atoms with van der Waals surface area (Å²) < 4.78 is 0. The topological polar surface area (TPSA) is 0 Å². The zero-order chi connectivity index (χ0) is 5.91. The molecule has 0 rings (SSSR count). The largest absolute Gasteiger partial charge is 0.0789 e. The molecule has 0 aromatic heterocycles. The molecule has 0 amide bonds. The van der Waals surface area contributed by atoms with E-state index in [0.717, 1.165) is 6.42 Å². The molecule has 0 fully saturated rings. The summed E-state index contributed by atoms with van der Waals surface area (Å²) in [6.45, 7) is 11.7. The van der Waals surface area contributed by atoms with Crippen molar-refractivity contribution in [3.8, 4) is 0 Å². The summed E-state index contributed by atoms with van der Waals surface area (Å²) in [5.74, 6) is 0. The van der Waals surface area contributed by atoms with Gasteiger partial charge in [0.2, 0.25) is 0 Å². The standard InChI is InChI=1S/C7H13/c1-5-7(3,4)6-2/h1,5H,6H2,2-4H3. The number of hydrogen-bond acceptors (Lipinski definition) is 0. The lowest BCUT2D eigenvalue weighted by Gasteiger charge is -2.14. The zero-order valence-corrected chi connectivity index (χ0v) is 5.36. The Hall–Kier alpha value is -0.260. The highest BCUT2D eigenvalue weighted by Crippen LogP contribution is 2.19. The van der Waals surface area contributed by atoms with Gasteiger partial charge in [-0.2, -0.15) is 0 Å². The summed E-state index contributed by atoms with van der Waals surface area (Å²) in [6.07, 6.45) is 2.86. The molecule has 0 unspecified atom stereocenters. The molecule has 0 aliphatic heterocycles. The normalized spacial score (nSPS) is 11.3. The lowest BCUT2D eigenvalue weighted by molar-refractivity contribution is 0.462. The second-order valence-corrected chi connectivity index (χ2v) is 2.51. The lowest BCUT2D eigenvalue weighted by atomic mass is 9.91. The maximum atomic E-state index is 5.29. The molecule has 0 aliphatic rings. The Bertz CT molecular complexity index is 60.4. The number of allylic oxidation sites excluding steroid dienone is 1. The third kappa shape index (κ3) is 2.44. The minimum Gasteiger partial charge on any atom is -0.0789 e. The van der Waals surface area contributed by atoms with Crippen LogP contribution in [0.5, 0.6) is 0 Å². The second-order valence-electron chi connectivity index (χ2n) is 2.51. The highest BCUT2D eigenvalue weighted by molar-refractivity contribution is 4.83. The van der Waals surface area contributed by atoms with E-state index in [0.29, 0.717) is 0 Å². The SMILES string of the molecule is [CH]=CC(C)(C)CC. The quantitative estimate of drug-likeness (QED) is 0.496. The first-order valence-corrected chi connectivity index (χ1v) is 2.68. The van der Waals surface area contributed by atoms with E-state index in [1.165, 1.54) is 0 Å². The highest BCUT2D eigenvalue weighted by Gasteiger charge is 2.06. The minimum absolute atomic E-state index is 0.236. The predicted octanol–water partition coefficient (Wildman–Crippen LogP) is 2.41. The molecule has 0 heterocycles. The van der Waals surface area contributed by atoms with Crippen LogP contribution in [-0.2, 0) is 0 Å². The van der Waals surface area contributed by atoms with Gasteiger partial charge in [0.15, 0.2) is 0 Å². The van der Waals surface area contributed by atoms with Crippen LogP contribution in [0.15, 0.2) is 6.08 Å². The summed E-state index contributed by atoms with van der Waals surface area (Å²) >= 11 is 0. The van der Waals surface area contributed by atoms with Gasteiger partial charge in [0.05, 0.1) is 0 Å². The average molecular weight is 97.2 g/mol. The van der Waals surface area contributed by atoms with Crippen LogP contribution in [0.3, 0.4) is 0 Å². The Morgan fingerprint density at radius 2 is 2.00 bits per heavy atom. The zero-order valence-electron chi connectivity index (χ0n) is 5.36. The van der Waals surface area contributed by atoms with Crippen molar-refractivity contribution in [1.29, 1.82) is 0 Å². The van der Waals surface area contributed by atoms with Crippen LogP contribution in [0.1, 0.15) is 27.2 Å². The summed E-state index contributed by atoms with van der Waals surface area (Å²) in [6, 6.07) is 0. The predicted molar refractivity (Wildman–Crippen MR) is 32.9 cm³/mol. The van der Waals surface area contributed by atoms with Crippen molar-refractivity contribution >= 4 is 0 Å². The van der Waals surface area contributed by atoms with Gasteiger partial charge in [0, 0.05) is 0 Å². The number of rotatable bonds is 2. The van der Waals surface area contributed by atoms with E-state index >= 15 is 0 Å². The summed E-state index contributed by atoms with van der Waals surface area (Å²) in [4.78, 5) is 0. The third-order valence-corrected chi connectivity index (χ3v) is 1.36. The molecule has 0 saturated carbocycles. The van der Waals surface area contributed by atoms with Crippen LogP contribution in [0.25, 0.3) is 0 Å². The van der Waals surface area contributed by atoms with Crippen molar-refractivity contribution in [2.24, 2.45) is 5.41 Å². The highest BCUT2D eigenvalue weighted by atomic mass is 14.1. The molecule has 7 heavy (non-hydrogen) atoms. The molecular formula is C7H13. The van der Waals surface area contributed by atoms with Crippen molar-refractivity contribution in [3.05, 3.63) is 12.7 Å². The molecule has 0 saturated heterocycles. The van der Waals surface area contributed by atoms with Crippen molar-refractivity contribution < 1.29 is 0 Å². The van der Waals surface area contributed by atoms with Crippen molar-refractivity contribution in [3.63, 3.8) is 0 Å². The minimum atomic E-state index is 0.236. The molecule has 0 nitrogen and oxygen atoms in total. The van der Waals surface area contributed by atoms with Gasteiger partial charge in [-0.05, 0) is 11.8 Å². The Balaban J connectivity index is 3.58. The van der Waals surface area contributed by atoms with Crippen LogP contribution in [0.2, 0.25) is 0 Å². The summed E-state index contributed by atoms with van der Waals surface area (Å²) in [7, 11) is 0. The van der Waals surface area contributed by atoms with Gasteiger partial charge >= 0.3 is 0 Å². The molecule has 41 valence electrons. The van der Waals surface area contributed by atoms with E-state index in [-0.39, 0.29) is 5.41 Å². The molecule has 0 heteroatoms.